The van der Waals surface area contributed by atoms with Crippen molar-refractivity contribution in [1.82, 2.24) is 19.8 Å². The third kappa shape index (κ3) is 7.19. The molecule has 2 N–H and O–H groups in total. The van der Waals surface area contributed by atoms with Gasteiger partial charge >= 0.3 is 5.97 Å². The summed E-state index contributed by atoms with van der Waals surface area (Å²) in [7, 11) is 0. The summed E-state index contributed by atoms with van der Waals surface area (Å²) in [5.41, 5.74) is 3.99. The van der Waals surface area contributed by atoms with Crippen LogP contribution in [0.3, 0.4) is 0 Å². The maximum atomic E-state index is 13.8. The smallest absolute Gasteiger partial charge is 0.305 e. The van der Waals surface area contributed by atoms with Gasteiger partial charge in [-0.3, -0.25) is 24.6 Å². The SMILES string of the molecule is O=C(O)CCOCCN1CCN(c2ccc(-c3ccc4c(c3)C(=O)N(C(C(=O)Nc3nccs3)c3ccccc3)C4)cn2)CC1. The van der Waals surface area contributed by atoms with Gasteiger partial charge in [0.05, 0.1) is 19.6 Å². The summed E-state index contributed by atoms with van der Waals surface area (Å²) in [4.78, 5) is 53.0. The van der Waals surface area contributed by atoms with E-state index in [2.05, 4.69) is 20.1 Å². The first-order chi connectivity index (χ1) is 22.0. The number of carboxylic acids is 1. The first kappa shape index (κ1) is 30.4. The number of pyridine rings is 1. The van der Waals surface area contributed by atoms with Gasteiger partial charge in [-0.05, 0) is 34.9 Å². The summed E-state index contributed by atoms with van der Waals surface area (Å²) in [6.07, 6.45) is 3.49. The second kappa shape index (κ2) is 14.0. The lowest BCUT2D eigenvalue weighted by Gasteiger charge is -2.35. The Bertz CT molecular complexity index is 1630. The van der Waals surface area contributed by atoms with Crippen LogP contribution in [0.1, 0.15) is 33.9 Å². The predicted octanol–water partition coefficient (Wildman–Crippen LogP) is 4.15. The molecule has 0 radical (unpaired) electrons. The first-order valence-corrected chi connectivity index (χ1v) is 15.8. The summed E-state index contributed by atoms with van der Waals surface area (Å²) in [6.45, 7) is 5.29. The largest absolute Gasteiger partial charge is 0.481 e. The van der Waals surface area contributed by atoms with Crippen LogP contribution < -0.4 is 10.2 Å². The number of rotatable bonds is 12. The fourth-order valence-electron chi connectivity index (χ4n) is 5.68. The molecule has 11 nitrogen and oxygen atoms in total. The van der Waals surface area contributed by atoms with Crippen LogP contribution in [-0.2, 0) is 20.9 Å². The molecule has 2 aromatic carbocycles. The molecule has 6 rings (SSSR count). The molecule has 1 fully saturated rings. The average Bonchev–Trinajstić information content (AvgIpc) is 3.69. The molecule has 2 aliphatic heterocycles. The lowest BCUT2D eigenvalue weighted by molar-refractivity contribution is -0.138. The summed E-state index contributed by atoms with van der Waals surface area (Å²) in [6, 6.07) is 18.4. The molecule has 0 aliphatic carbocycles. The Balaban J connectivity index is 1.10. The zero-order valence-corrected chi connectivity index (χ0v) is 25.5. The number of carboxylic acid groups (broad SMARTS) is 1. The molecule has 0 bridgehead atoms. The molecular weight excluding hydrogens is 592 g/mol. The number of aromatic nitrogens is 2. The van der Waals surface area contributed by atoms with Gasteiger partial charge < -0.3 is 19.6 Å². The Kier molecular flexibility index (Phi) is 9.44. The lowest BCUT2D eigenvalue weighted by Crippen LogP contribution is -2.47. The van der Waals surface area contributed by atoms with Crippen LogP contribution >= 0.6 is 11.3 Å². The highest BCUT2D eigenvalue weighted by Gasteiger charge is 2.38. The van der Waals surface area contributed by atoms with Gasteiger partial charge in [0.2, 0.25) is 0 Å². The van der Waals surface area contributed by atoms with Gasteiger partial charge in [0.1, 0.15) is 11.9 Å². The van der Waals surface area contributed by atoms with Crippen molar-refractivity contribution in [3.63, 3.8) is 0 Å². The number of fused-ring (bicyclic) bond motifs is 1. The number of ether oxygens (including phenoxy) is 1. The van der Waals surface area contributed by atoms with Crippen LogP contribution in [0, 0.1) is 0 Å². The van der Waals surface area contributed by atoms with Crippen molar-refractivity contribution in [2.75, 3.05) is 56.2 Å². The van der Waals surface area contributed by atoms with E-state index in [1.54, 1.807) is 16.5 Å². The number of amides is 2. The highest BCUT2D eigenvalue weighted by molar-refractivity contribution is 7.13. The van der Waals surface area contributed by atoms with Crippen molar-refractivity contribution in [2.45, 2.75) is 19.0 Å². The van der Waals surface area contributed by atoms with Crippen LogP contribution in [0.15, 0.2) is 78.4 Å². The van der Waals surface area contributed by atoms with Crippen molar-refractivity contribution >= 4 is 40.1 Å². The number of nitrogens with zero attached hydrogens (tertiary/aromatic N) is 5. The number of anilines is 2. The monoisotopic (exact) mass is 626 g/mol. The van der Waals surface area contributed by atoms with Gasteiger partial charge in [-0.15, -0.1) is 11.3 Å². The van der Waals surface area contributed by atoms with E-state index >= 15 is 0 Å². The van der Waals surface area contributed by atoms with Crippen molar-refractivity contribution in [1.29, 1.82) is 0 Å². The number of nitrogens with one attached hydrogen (secondary N) is 1. The van der Waals surface area contributed by atoms with E-state index in [4.69, 9.17) is 14.8 Å². The minimum absolute atomic E-state index is 0.0253. The standard InChI is InChI=1S/C33H34N6O5S/c40-29(41)10-17-44-18-16-37-12-14-38(15-13-37)28-9-8-25(21-35-28)24-6-7-26-22-39(32(43)27(26)20-24)30(23-4-2-1-3-5-23)31(42)36-33-34-11-19-45-33/h1-9,11,19-21,30H,10,12-18,22H2,(H,40,41)(H,34,36,42). The molecule has 232 valence electrons. The molecule has 2 aromatic heterocycles. The molecular formula is C33H34N6O5S. The van der Waals surface area contributed by atoms with E-state index in [0.717, 1.165) is 60.8 Å². The van der Waals surface area contributed by atoms with Gasteiger partial charge in [0.25, 0.3) is 11.8 Å². The zero-order chi connectivity index (χ0) is 31.2. The Hall–Kier alpha value is -4.65. The maximum absolute atomic E-state index is 13.8. The molecule has 1 saturated heterocycles. The summed E-state index contributed by atoms with van der Waals surface area (Å²) in [5.74, 6) is -0.441. The molecule has 1 unspecified atom stereocenters. The first-order valence-electron chi connectivity index (χ1n) is 14.9. The maximum Gasteiger partial charge on any atom is 0.305 e. The summed E-state index contributed by atoms with van der Waals surface area (Å²) in [5, 5.41) is 13.9. The molecule has 2 amide bonds. The average molecular weight is 627 g/mol. The van der Waals surface area contributed by atoms with Crippen molar-refractivity contribution in [3.05, 3.63) is 95.1 Å². The fraction of sp³-hybridized carbons (Fsp3) is 0.303. The van der Waals surface area contributed by atoms with E-state index in [1.165, 1.54) is 11.3 Å². The third-order valence-electron chi connectivity index (χ3n) is 8.07. The normalized spacial score (nSPS) is 15.6. The minimum Gasteiger partial charge on any atom is -0.481 e. The quantitative estimate of drug-likeness (QED) is 0.223. The Morgan fingerprint density at radius 2 is 1.78 bits per heavy atom. The van der Waals surface area contributed by atoms with Gasteiger partial charge in [0.15, 0.2) is 5.13 Å². The third-order valence-corrected chi connectivity index (χ3v) is 8.76. The molecule has 0 spiro atoms. The fourth-order valence-corrected chi connectivity index (χ4v) is 6.21. The number of hydrogen-bond donors (Lipinski definition) is 2. The molecule has 2 aliphatic rings. The van der Waals surface area contributed by atoms with Gasteiger partial charge in [0, 0.05) is 68.2 Å². The molecule has 4 aromatic rings. The van der Waals surface area contributed by atoms with E-state index in [-0.39, 0.29) is 24.8 Å². The van der Waals surface area contributed by atoms with Crippen LogP contribution in [0.2, 0.25) is 0 Å². The highest BCUT2D eigenvalue weighted by Crippen LogP contribution is 2.35. The topological polar surface area (TPSA) is 128 Å². The molecule has 1 atom stereocenters. The zero-order valence-electron chi connectivity index (χ0n) is 24.7. The van der Waals surface area contributed by atoms with Crippen LogP contribution in [-0.4, -0.2) is 88.6 Å². The van der Waals surface area contributed by atoms with Crippen molar-refractivity contribution in [2.24, 2.45) is 0 Å². The van der Waals surface area contributed by atoms with E-state index in [9.17, 15) is 14.4 Å². The van der Waals surface area contributed by atoms with Crippen LogP contribution in [0.25, 0.3) is 11.1 Å². The van der Waals surface area contributed by atoms with Crippen molar-refractivity contribution < 1.29 is 24.2 Å². The van der Waals surface area contributed by atoms with E-state index < -0.39 is 12.0 Å². The summed E-state index contributed by atoms with van der Waals surface area (Å²) >= 11 is 1.33. The number of carbonyl (C=O) groups is 3. The number of piperazine rings is 1. The minimum atomic E-state index is -0.847. The number of carbonyl (C=O) groups excluding carboxylic acids is 2. The van der Waals surface area contributed by atoms with Gasteiger partial charge in [-0.2, -0.15) is 0 Å². The number of thiazole rings is 1. The Morgan fingerprint density at radius 1 is 0.978 bits per heavy atom. The van der Waals surface area contributed by atoms with Gasteiger partial charge in [-0.1, -0.05) is 42.5 Å². The summed E-state index contributed by atoms with van der Waals surface area (Å²) < 4.78 is 5.42. The van der Waals surface area contributed by atoms with Crippen LogP contribution in [0.4, 0.5) is 10.9 Å². The van der Waals surface area contributed by atoms with Gasteiger partial charge in [-0.25, -0.2) is 9.97 Å². The second-order valence-corrected chi connectivity index (χ2v) is 11.8. The Morgan fingerprint density at radius 3 is 2.49 bits per heavy atom. The number of hydrogen-bond acceptors (Lipinski definition) is 9. The molecule has 4 heterocycles. The number of aliphatic carboxylic acids is 1. The van der Waals surface area contributed by atoms with Crippen molar-refractivity contribution in [3.8, 4) is 11.1 Å². The molecule has 12 heteroatoms. The molecule has 0 saturated carbocycles. The predicted molar refractivity (Wildman–Crippen MR) is 171 cm³/mol. The van der Waals surface area contributed by atoms with Crippen LogP contribution in [0.5, 0.6) is 0 Å². The number of benzene rings is 2. The second-order valence-electron chi connectivity index (χ2n) is 10.9. The van der Waals surface area contributed by atoms with E-state index in [0.29, 0.717) is 23.8 Å². The van der Waals surface area contributed by atoms with E-state index in [1.807, 2.05) is 66.9 Å². The molecule has 45 heavy (non-hydrogen) atoms. The lowest BCUT2D eigenvalue weighted by atomic mass is 10.0. The Labute approximate surface area is 265 Å². The highest BCUT2D eigenvalue weighted by atomic mass is 32.1.